The molecule has 9 heteroatoms. The van der Waals surface area contributed by atoms with Crippen molar-refractivity contribution in [2.45, 2.75) is 18.1 Å². The first kappa shape index (κ1) is 26.6. The van der Waals surface area contributed by atoms with Gasteiger partial charge in [0.05, 0.1) is 12.4 Å². The molecule has 2 amide bonds. The summed E-state index contributed by atoms with van der Waals surface area (Å²) in [6.45, 7) is 0.328. The summed E-state index contributed by atoms with van der Waals surface area (Å²) < 4.78 is 5.17. The third-order valence-electron chi connectivity index (χ3n) is 5.79. The highest BCUT2D eigenvalue weighted by atomic mass is 35.5. The van der Waals surface area contributed by atoms with Crippen molar-refractivity contribution in [3.8, 4) is 11.8 Å². The first-order valence-corrected chi connectivity index (χ1v) is 13.1. The van der Waals surface area contributed by atoms with Crippen LogP contribution < -0.4 is 15.0 Å². The summed E-state index contributed by atoms with van der Waals surface area (Å²) >= 11 is 13.7. The molecule has 1 heterocycles. The Labute approximate surface area is 229 Å². The van der Waals surface area contributed by atoms with Crippen molar-refractivity contribution in [3.63, 3.8) is 0 Å². The second-order valence-electron chi connectivity index (χ2n) is 8.20. The lowest BCUT2D eigenvalue weighted by atomic mass is 10.1. The van der Waals surface area contributed by atoms with Crippen molar-refractivity contribution in [2.24, 2.45) is 0 Å². The van der Waals surface area contributed by atoms with Crippen LogP contribution in [-0.4, -0.2) is 30.7 Å². The average Bonchev–Trinajstić information content (AvgIpc) is 3.22. The van der Waals surface area contributed by atoms with Gasteiger partial charge >= 0.3 is 0 Å². The van der Waals surface area contributed by atoms with E-state index < -0.39 is 11.2 Å². The maximum absolute atomic E-state index is 13.6. The third kappa shape index (κ3) is 6.28. The average molecular weight is 552 g/mol. The Bertz CT molecular complexity index is 1370. The summed E-state index contributed by atoms with van der Waals surface area (Å²) in [5.74, 6) is -0.0171. The Hall–Kier alpha value is -3.44. The van der Waals surface area contributed by atoms with Crippen molar-refractivity contribution in [3.05, 3.63) is 105 Å². The van der Waals surface area contributed by atoms with Gasteiger partial charge in [-0.3, -0.25) is 14.5 Å². The predicted molar refractivity (Wildman–Crippen MR) is 148 cm³/mol. The Kier molecular flexibility index (Phi) is 8.78. The topological polar surface area (TPSA) is 82.4 Å². The lowest BCUT2D eigenvalue weighted by molar-refractivity contribution is -0.117. The number of nitriles is 1. The molecule has 0 aliphatic carbocycles. The lowest BCUT2D eigenvalue weighted by Gasteiger charge is -2.18. The van der Waals surface area contributed by atoms with E-state index in [9.17, 15) is 14.9 Å². The summed E-state index contributed by atoms with van der Waals surface area (Å²) in [7, 11) is 1.60. The fraction of sp³-hybridized carbons (Fsp3) is 0.179. The molecule has 1 fully saturated rings. The van der Waals surface area contributed by atoms with E-state index in [0.717, 1.165) is 16.9 Å². The Morgan fingerprint density at radius 2 is 1.84 bits per heavy atom. The summed E-state index contributed by atoms with van der Waals surface area (Å²) in [5.41, 5.74) is 2.20. The molecule has 3 aromatic carbocycles. The van der Waals surface area contributed by atoms with E-state index >= 15 is 0 Å². The van der Waals surface area contributed by atoms with Gasteiger partial charge in [-0.05, 0) is 66.4 Å². The number of carbonyl (C=O) groups is 2. The highest BCUT2D eigenvalue weighted by molar-refractivity contribution is 8.05. The number of amides is 2. The van der Waals surface area contributed by atoms with E-state index in [2.05, 4.69) is 5.32 Å². The van der Waals surface area contributed by atoms with Crippen LogP contribution in [0.5, 0.6) is 5.75 Å². The first-order chi connectivity index (χ1) is 17.9. The molecular weight excluding hydrogens is 529 g/mol. The number of nitrogens with one attached hydrogen (secondary N) is 1. The Balaban J connectivity index is 1.58. The van der Waals surface area contributed by atoms with E-state index in [4.69, 9.17) is 27.9 Å². The van der Waals surface area contributed by atoms with Crippen LogP contribution >= 0.6 is 35.0 Å². The van der Waals surface area contributed by atoms with E-state index in [-0.39, 0.29) is 11.5 Å². The Morgan fingerprint density at radius 1 is 1.11 bits per heavy atom. The minimum absolute atomic E-state index is 0.114. The molecule has 1 atom stereocenters. The van der Waals surface area contributed by atoms with Crippen LogP contribution in [0.2, 0.25) is 10.0 Å². The minimum Gasteiger partial charge on any atom is -0.497 e. The summed E-state index contributed by atoms with van der Waals surface area (Å²) in [6.07, 6.45) is 0.877. The lowest BCUT2D eigenvalue weighted by Crippen LogP contribution is -2.32. The highest BCUT2D eigenvalue weighted by Crippen LogP contribution is 2.42. The number of ether oxygens (including phenoxy) is 1. The maximum atomic E-state index is 13.6. The van der Waals surface area contributed by atoms with E-state index in [1.165, 1.54) is 16.7 Å². The second-order valence-corrected chi connectivity index (χ2v) is 10.2. The highest BCUT2D eigenvalue weighted by Gasteiger charge is 2.41. The van der Waals surface area contributed by atoms with Gasteiger partial charge in [0, 0.05) is 22.3 Å². The van der Waals surface area contributed by atoms with Crippen LogP contribution in [0, 0.1) is 11.3 Å². The van der Waals surface area contributed by atoms with Gasteiger partial charge in [0.1, 0.15) is 22.4 Å². The second kappa shape index (κ2) is 12.2. The number of nitrogens with zero attached hydrogens (tertiary/aromatic N) is 2. The van der Waals surface area contributed by atoms with Gasteiger partial charge in [-0.1, -0.05) is 65.3 Å². The fourth-order valence-electron chi connectivity index (χ4n) is 3.90. The van der Waals surface area contributed by atoms with Gasteiger partial charge in [0.25, 0.3) is 5.91 Å². The van der Waals surface area contributed by atoms with Crippen molar-refractivity contribution in [1.29, 1.82) is 5.26 Å². The van der Waals surface area contributed by atoms with E-state index in [1.54, 1.807) is 49.6 Å². The first-order valence-electron chi connectivity index (χ1n) is 11.5. The number of methoxy groups -OCH3 is 1. The van der Waals surface area contributed by atoms with Gasteiger partial charge < -0.3 is 10.1 Å². The molecule has 0 aromatic heterocycles. The zero-order valence-corrected chi connectivity index (χ0v) is 22.2. The molecule has 1 aliphatic heterocycles. The van der Waals surface area contributed by atoms with Crippen LogP contribution in [0.1, 0.15) is 11.1 Å². The van der Waals surface area contributed by atoms with Gasteiger partial charge in [-0.2, -0.15) is 5.26 Å². The van der Waals surface area contributed by atoms with Gasteiger partial charge in [0.2, 0.25) is 5.91 Å². The molecule has 1 N–H and O–H groups in total. The van der Waals surface area contributed by atoms with Crippen molar-refractivity contribution < 1.29 is 14.3 Å². The maximum Gasteiger partial charge on any atom is 0.264 e. The Morgan fingerprint density at radius 3 is 2.51 bits per heavy atom. The number of halogens is 2. The zero-order valence-electron chi connectivity index (χ0n) is 19.9. The van der Waals surface area contributed by atoms with Crippen LogP contribution in [0.4, 0.5) is 5.69 Å². The zero-order chi connectivity index (χ0) is 26.4. The van der Waals surface area contributed by atoms with Crippen LogP contribution in [0.25, 0.3) is 0 Å². The van der Waals surface area contributed by atoms with Crippen molar-refractivity contribution >= 4 is 52.5 Å². The molecule has 1 saturated heterocycles. The number of rotatable bonds is 8. The van der Waals surface area contributed by atoms with Crippen LogP contribution in [-0.2, 0) is 22.4 Å². The number of benzene rings is 3. The minimum atomic E-state index is -0.582. The van der Waals surface area contributed by atoms with Gasteiger partial charge in [0.15, 0.2) is 0 Å². The van der Waals surface area contributed by atoms with E-state index in [1.807, 2.05) is 36.4 Å². The molecule has 188 valence electrons. The number of thioether (sulfide) groups is 1. The molecule has 3 aromatic rings. The number of anilines is 1. The van der Waals surface area contributed by atoms with Crippen molar-refractivity contribution in [1.82, 2.24) is 5.32 Å². The molecular formula is C28H23Cl2N3O3S. The predicted octanol–water partition coefficient (Wildman–Crippen LogP) is 5.79. The molecule has 0 spiro atoms. The number of hydrogen-bond acceptors (Lipinski definition) is 5. The smallest absolute Gasteiger partial charge is 0.264 e. The monoisotopic (exact) mass is 551 g/mol. The number of para-hydroxylation sites is 1. The van der Waals surface area contributed by atoms with Gasteiger partial charge in [-0.15, -0.1) is 0 Å². The molecule has 37 heavy (non-hydrogen) atoms. The normalized spacial score (nSPS) is 16.3. The molecule has 0 bridgehead atoms. The SMILES string of the molecule is COc1ccc(CCNC(=O)/C(C#N)=C2/S[C@H](Cc3cc(Cl)ccc3Cl)C(=O)N2c2ccccc2)cc1. The largest absolute Gasteiger partial charge is 0.497 e. The molecule has 1 aliphatic rings. The fourth-order valence-corrected chi connectivity index (χ4v) is 5.58. The molecule has 6 nitrogen and oxygen atoms in total. The summed E-state index contributed by atoms with van der Waals surface area (Å²) in [5, 5.41) is 13.5. The number of hydrogen-bond donors (Lipinski definition) is 1. The number of carbonyl (C=O) groups excluding carboxylic acids is 2. The molecule has 0 saturated carbocycles. The summed E-state index contributed by atoms with van der Waals surface area (Å²) in [6, 6.07) is 23.6. The standard InChI is InChI=1S/C28H23Cl2N3O3S/c1-36-22-10-7-18(8-11-22)13-14-32-26(34)23(17-31)28-33(21-5-3-2-4-6-21)27(35)25(37-28)16-19-15-20(29)9-12-24(19)30/h2-12,15,25H,13-14,16H2,1H3,(H,32,34)/b28-23+/t25-/m1/s1. The van der Waals surface area contributed by atoms with Gasteiger partial charge in [-0.25, -0.2) is 0 Å². The van der Waals surface area contributed by atoms with Crippen LogP contribution in [0.15, 0.2) is 83.4 Å². The quantitative estimate of drug-likeness (QED) is 0.283. The van der Waals surface area contributed by atoms with E-state index in [0.29, 0.717) is 40.1 Å². The molecule has 0 unspecified atom stereocenters. The molecule has 0 radical (unpaired) electrons. The van der Waals surface area contributed by atoms with Crippen molar-refractivity contribution in [2.75, 3.05) is 18.6 Å². The summed E-state index contributed by atoms with van der Waals surface area (Å²) in [4.78, 5) is 28.1. The third-order valence-corrected chi connectivity index (χ3v) is 7.66. The van der Waals surface area contributed by atoms with Crippen LogP contribution in [0.3, 0.4) is 0 Å². The molecule has 4 rings (SSSR count).